The number of hydrogen-bond donors (Lipinski definition) is 1. The Morgan fingerprint density at radius 3 is 2.92 bits per heavy atom. The summed E-state index contributed by atoms with van der Waals surface area (Å²) in [7, 11) is 1.65. The SMILES string of the molecule is CN(CCOc1ccccc1F)C(=O)c1ccc2c(c1)NC(=O)CS2. The van der Waals surface area contributed by atoms with Crippen molar-refractivity contribution in [2.75, 3.05) is 31.3 Å². The smallest absolute Gasteiger partial charge is 0.253 e. The Labute approximate surface area is 149 Å². The third kappa shape index (κ3) is 4.11. The van der Waals surface area contributed by atoms with E-state index in [4.69, 9.17) is 4.74 Å². The van der Waals surface area contributed by atoms with Gasteiger partial charge in [0.25, 0.3) is 5.91 Å². The third-order valence-electron chi connectivity index (χ3n) is 3.73. The molecule has 0 fully saturated rings. The van der Waals surface area contributed by atoms with E-state index in [0.717, 1.165) is 4.90 Å². The van der Waals surface area contributed by atoms with Crippen molar-refractivity contribution in [2.45, 2.75) is 4.90 Å². The number of hydrogen-bond acceptors (Lipinski definition) is 4. The molecule has 1 aliphatic rings. The lowest BCUT2D eigenvalue weighted by molar-refractivity contribution is -0.113. The number of benzene rings is 2. The van der Waals surface area contributed by atoms with Gasteiger partial charge in [0.2, 0.25) is 5.91 Å². The molecule has 0 bridgehead atoms. The van der Waals surface area contributed by atoms with Crippen molar-refractivity contribution in [3.05, 3.63) is 53.8 Å². The van der Waals surface area contributed by atoms with Crippen molar-refractivity contribution < 1.29 is 18.7 Å². The summed E-state index contributed by atoms with van der Waals surface area (Å²) in [6, 6.07) is 11.4. The molecule has 2 aromatic rings. The van der Waals surface area contributed by atoms with E-state index < -0.39 is 5.82 Å². The Kier molecular flexibility index (Phi) is 5.23. The third-order valence-corrected chi connectivity index (χ3v) is 4.80. The van der Waals surface area contributed by atoms with E-state index in [2.05, 4.69) is 5.32 Å². The van der Waals surface area contributed by atoms with Crippen LogP contribution in [0.4, 0.5) is 10.1 Å². The molecular formula is C18H17FN2O3S. The maximum absolute atomic E-state index is 13.5. The monoisotopic (exact) mass is 360 g/mol. The first-order chi connectivity index (χ1) is 12.0. The molecule has 0 saturated carbocycles. The van der Waals surface area contributed by atoms with Crippen LogP contribution in [0.15, 0.2) is 47.4 Å². The van der Waals surface area contributed by atoms with Gasteiger partial charge >= 0.3 is 0 Å². The number of para-hydroxylation sites is 1. The molecule has 1 N–H and O–H groups in total. The summed E-state index contributed by atoms with van der Waals surface area (Å²) in [5, 5.41) is 2.77. The van der Waals surface area contributed by atoms with E-state index in [1.807, 2.05) is 6.07 Å². The summed E-state index contributed by atoms with van der Waals surface area (Å²) >= 11 is 1.45. The minimum Gasteiger partial charge on any atom is -0.489 e. The first kappa shape index (κ1) is 17.3. The summed E-state index contributed by atoms with van der Waals surface area (Å²) in [6.45, 7) is 0.492. The Hall–Kier alpha value is -2.54. The van der Waals surface area contributed by atoms with Gasteiger partial charge in [0, 0.05) is 17.5 Å². The normalized spacial score (nSPS) is 13.0. The van der Waals surface area contributed by atoms with Crippen molar-refractivity contribution in [1.82, 2.24) is 4.90 Å². The predicted octanol–water partition coefficient (Wildman–Crippen LogP) is 3.02. The zero-order chi connectivity index (χ0) is 17.8. The van der Waals surface area contributed by atoms with Crippen molar-refractivity contribution >= 4 is 29.3 Å². The summed E-state index contributed by atoms with van der Waals surface area (Å²) in [5.41, 5.74) is 1.14. The van der Waals surface area contributed by atoms with Crippen LogP contribution in [-0.4, -0.2) is 42.7 Å². The van der Waals surface area contributed by atoms with Crippen LogP contribution < -0.4 is 10.1 Å². The molecule has 0 radical (unpaired) electrons. The number of ether oxygens (including phenoxy) is 1. The van der Waals surface area contributed by atoms with Gasteiger partial charge in [-0.1, -0.05) is 12.1 Å². The molecule has 0 unspecified atom stereocenters. The fraction of sp³-hybridized carbons (Fsp3) is 0.222. The highest BCUT2D eigenvalue weighted by Gasteiger charge is 2.19. The van der Waals surface area contributed by atoms with Crippen LogP contribution in [0.25, 0.3) is 0 Å². The van der Waals surface area contributed by atoms with Crippen LogP contribution in [-0.2, 0) is 4.79 Å². The van der Waals surface area contributed by atoms with Gasteiger partial charge in [-0.25, -0.2) is 4.39 Å². The average molecular weight is 360 g/mol. The summed E-state index contributed by atoms with van der Waals surface area (Å²) in [5.74, 6) is -0.150. The lowest BCUT2D eigenvalue weighted by Crippen LogP contribution is -2.31. The molecule has 0 aliphatic carbocycles. The van der Waals surface area contributed by atoms with Crippen molar-refractivity contribution in [2.24, 2.45) is 0 Å². The summed E-state index contributed by atoms with van der Waals surface area (Å²) in [6.07, 6.45) is 0. The van der Waals surface area contributed by atoms with Crippen LogP contribution in [0.2, 0.25) is 0 Å². The molecule has 25 heavy (non-hydrogen) atoms. The van der Waals surface area contributed by atoms with Gasteiger partial charge in [0.1, 0.15) is 6.61 Å². The largest absolute Gasteiger partial charge is 0.489 e. The van der Waals surface area contributed by atoms with Gasteiger partial charge in [0.05, 0.1) is 18.0 Å². The average Bonchev–Trinajstić information content (AvgIpc) is 2.62. The van der Waals surface area contributed by atoms with Gasteiger partial charge in [-0.05, 0) is 30.3 Å². The molecule has 5 nitrogen and oxygen atoms in total. The van der Waals surface area contributed by atoms with E-state index in [1.54, 1.807) is 37.4 Å². The maximum atomic E-state index is 13.5. The molecule has 130 valence electrons. The first-order valence-corrected chi connectivity index (χ1v) is 8.72. The Bertz CT molecular complexity index is 813. The second kappa shape index (κ2) is 7.57. The second-order valence-electron chi connectivity index (χ2n) is 5.55. The number of nitrogens with one attached hydrogen (secondary N) is 1. The van der Waals surface area contributed by atoms with E-state index in [-0.39, 0.29) is 24.2 Å². The number of thioether (sulfide) groups is 1. The standard InChI is InChI=1S/C18H17FN2O3S/c1-21(8-9-24-15-5-3-2-4-13(15)19)18(23)12-6-7-16-14(10-12)20-17(22)11-25-16/h2-7,10H,8-9,11H2,1H3,(H,20,22). The fourth-order valence-corrected chi connectivity index (χ4v) is 3.18. The number of fused-ring (bicyclic) bond motifs is 1. The minimum atomic E-state index is -0.431. The van der Waals surface area contributed by atoms with E-state index in [9.17, 15) is 14.0 Å². The maximum Gasteiger partial charge on any atom is 0.253 e. The van der Waals surface area contributed by atoms with E-state index in [1.165, 1.54) is 22.7 Å². The summed E-state index contributed by atoms with van der Waals surface area (Å²) in [4.78, 5) is 26.4. The van der Waals surface area contributed by atoms with Crippen LogP contribution in [0.5, 0.6) is 5.75 Å². The lowest BCUT2D eigenvalue weighted by atomic mass is 10.1. The molecule has 0 saturated heterocycles. The number of nitrogens with zero attached hydrogens (tertiary/aromatic N) is 1. The molecular weight excluding hydrogens is 343 g/mol. The first-order valence-electron chi connectivity index (χ1n) is 7.74. The Morgan fingerprint density at radius 1 is 1.32 bits per heavy atom. The highest BCUT2D eigenvalue weighted by Crippen LogP contribution is 2.32. The van der Waals surface area contributed by atoms with Crippen molar-refractivity contribution in [3.63, 3.8) is 0 Å². The molecule has 0 spiro atoms. The zero-order valence-corrected chi connectivity index (χ0v) is 14.4. The van der Waals surface area contributed by atoms with Crippen LogP contribution in [0.3, 0.4) is 0 Å². The van der Waals surface area contributed by atoms with Crippen LogP contribution in [0, 0.1) is 5.82 Å². The van der Waals surface area contributed by atoms with Gasteiger partial charge in [-0.2, -0.15) is 0 Å². The quantitative estimate of drug-likeness (QED) is 0.890. The number of amides is 2. The number of likely N-dealkylation sites (N-methyl/N-ethyl adjacent to an activating group) is 1. The molecule has 1 heterocycles. The summed E-state index contributed by atoms with van der Waals surface area (Å²) < 4.78 is 18.9. The number of rotatable bonds is 5. The number of carbonyl (C=O) groups excluding carboxylic acids is 2. The second-order valence-corrected chi connectivity index (χ2v) is 6.57. The van der Waals surface area contributed by atoms with E-state index in [0.29, 0.717) is 23.5 Å². The van der Waals surface area contributed by atoms with Gasteiger partial charge in [-0.3, -0.25) is 9.59 Å². The minimum absolute atomic E-state index is 0.0752. The predicted molar refractivity (Wildman–Crippen MR) is 94.7 cm³/mol. The number of anilines is 1. The van der Waals surface area contributed by atoms with Crippen LogP contribution >= 0.6 is 11.8 Å². The Morgan fingerprint density at radius 2 is 2.12 bits per heavy atom. The molecule has 1 aliphatic heterocycles. The molecule has 2 aromatic carbocycles. The van der Waals surface area contributed by atoms with Crippen LogP contribution in [0.1, 0.15) is 10.4 Å². The fourth-order valence-electron chi connectivity index (χ4n) is 2.39. The molecule has 2 amide bonds. The van der Waals surface area contributed by atoms with Gasteiger partial charge in [-0.15, -0.1) is 11.8 Å². The van der Waals surface area contributed by atoms with E-state index >= 15 is 0 Å². The van der Waals surface area contributed by atoms with Crippen molar-refractivity contribution in [3.8, 4) is 5.75 Å². The highest BCUT2D eigenvalue weighted by molar-refractivity contribution is 8.00. The van der Waals surface area contributed by atoms with Gasteiger partial charge in [0.15, 0.2) is 11.6 Å². The van der Waals surface area contributed by atoms with Gasteiger partial charge < -0.3 is 15.0 Å². The topological polar surface area (TPSA) is 58.6 Å². The molecule has 0 aromatic heterocycles. The highest BCUT2D eigenvalue weighted by atomic mass is 32.2. The zero-order valence-electron chi connectivity index (χ0n) is 13.6. The molecule has 7 heteroatoms. The number of carbonyl (C=O) groups is 2. The lowest BCUT2D eigenvalue weighted by Gasteiger charge is -2.20. The molecule has 0 atom stereocenters. The Balaban J connectivity index is 1.60. The molecule has 3 rings (SSSR count). The van der Waals surface area contributed by atoms with Crippen molar-refractivity contribution in [1.29, 1.82) is 0 Å². The number of halogens is 1.